The lowest BCUT2D eigenvalue weighted by atomic mass is 9.97. The van der Waals surface area contributed by atoms with Crippen LogP contribution in [0.2, 0.25) is 0 Å². The van der Waals surface area contributed by atoms with Gasteiger partial charge in [-0.15, -0.1) is 0 Å². The van der Waals surface area contributed by atoms with Crippen LogP contribution in [0.5, 0.6) is 0 Å². The monoisotopic (exact) mass is 223 g/mol. The summed E-state index contributed by atoms with van der Waals surface area (Å²) >= 11 is 0. The molecule has 1 rings (SSSR count). The Balaban J connectivity index is 2.47. The summed E-state index contributed by atoms with van der Waals surface area (Å²) in [5.41, 5.74) is -0.143. The molecular weight excluding hydrogens is 206 g/mol. The first-order valence-electron chi connectivity index (χ1n) is 5.17. The zero-order chi connectivity index (χ0) is 12.2. The standard InChI is InChI=1S/C11H17N3O2/c1-5-9(15)12-7-6-8-13-10(16-14-8)11(2,3)4/h5H,1,6-7H2,2-4H3,(H,12,15). The summed E-state index contributed by atoms with van der Waals surface area (Å²) in [4.78, 5) is 15.1. The molecule has 0 spiro atoms. The number of amides is 1. The van der Waals surface area contributed by atoms with Crippen LogP contribution in [-0.2, 0) is 16.6 Å². The first-order valence-corrected chi connectivity index (χ1v) is 5.17. The maximum Gasteiger partial charge on any atom is 0.243 e. The van der Waals surface area contributed by atoms with Gasteiger partial charge >= 0.3 is 0 Å². The molecule has 0 atom stereocenters. The van der Waals surface area contributed by atoms with Crippen LogP contribution in [0.15, 0.2) is 17.2 Å². The van der Waals surface area contributed by atoms with Crippen LogP contribution in [0.4, 0.5) is 0 Å². The molecule has 0 aliphatic rings. The number of hydrogen-bond acceptors (Lipinski definition) is 4. The van der Waals surface area contributed by atoms with Gasteiger partial charge < -0.3 is 9.84 Å². The molecule has 0 radical (unpaired) electrons. The molecule has 5 heteroatoms. The van der Waals surface area contributed by atoms with E-state index in [2.05, 4.69) is 22.0 Å². The van der Waals surface area contributed by atoms with Crippen molar-refractivity contribution < 1.29 is 9.32 Å². The molecule has 1 aromatic heterocycles. The Morgan fingerprint density at radius 1 is 1.56 bits per heavy atom. The molecule has 0 aliphatic carbocycles. The second-order valence-corrected chi connectivity index (χ2v) is 4.51. The minimum atomic E-state index is -0.195. The van der Waals surface area contributed by atoms with E-state index in [1.165, 1.54) is 6.08 Å². The fourth-order valence-corrected chi connectivity index (χ4v) is 1.03. The summed E-state index contributed by atoms with van der Waals surface area (Å²) in [6.07, 6.45) is 1.79. The maximum atomic E-state index is 10.9. The number of nitrogens with one attached hydrogen (secondary N) is 1. The molecule has 0 unspecified atom stereocenters. The molecular formula is C11H17N3O2. The average molecular weight is 223 g/mol. The van der Waals surface area contributed by atoms with Crippen molar-refractivity contribution in [3.05, 3.63) is 24.4 Å². The molecule has 0 bridgehead atoms. The topological polar surface area (TPSA) is 68.0 Å². The fraction of sp³-hybridized carbons (Fsp3) is 0.545. The number of aromatic nitrogens is 2. The maximum absolute atomic E-state index is 10.9. The third-order valence-corrected chi connectivity index (χ3v) is 1.94. The minimum absolute atomic E-state index is 0.143. The van der Waals surface area contributed by atoms with Gasteiger partial charge in [0.15, 0.2) is 5.82 Å². The van der Waals surface area contributed by atoms with Crippen molar-refractivity contribution >= 4 is 5.91 Å². The Labute approximate surface area is 94.9 Å². The Morgan fingerprint density at radius 3 is 2.75 bits per heavy atom. The van der Waals surface area contributed by atoms with Gasteiger partial charge in [0.1, 0.15) is 0 Å². The van der Waals surface area contributed by atoms with Gasteiger partial charge in [-0.1, -0.05) is 32.5 Å². The van der Waals surface area contributed by atoms with E-state index >= 15 is 0 Å². The van der Waals surface area contributed by atoms with Gasteiger partial charge in [0.2, 0.25) is 11.8 Å². The Kier molecular flexibility index (Phi) is 3.82. The van der Waals surface area contributed by atoms with Crippen molar-refractivity contribution in [1.82, 2.24) is 15.5 Å². The van der Waals surface area contributed by atoms with Gasteiger partial charge in [0.25, 0.3) is 0 Å². The molecule has 5 nitrogen and oxygen atoms in total. The normalized spacial score (nSPS) is 11.2. The molecule has 16 heavy (non-hydrogen) atoms. The molecule has 0 aliphatic heterocycles. The first-order chi connectivity index (χ1) is 7.43. The van der Waals surface area contributed by atoms with Crippen LogP contribution in [-0.4, -0.2) is 22.6 Å². The van der Waals surface area contributed by atoms with E-state index in [4.69, 9.17) is 4.52 Å². The third-order valence-electron chi connectivity index (χ3n) is 1.94. The van der Waals surface area contributed by atoms with Crippen molar-refractivity contribution in [2.24, 2.45) is 0 Å². The molecule has 0 saturated carbocycles. The van der Waals surface area contributed by atoms with Gasteiger partial charge in [-0.3, -0.25) is 4.79 Å². The first kappa shape index (κ1) is 12.4. The lowest BCUT2D eigenvalue weighted by Gasteiger charge is -2.10. The lowest BCUT2D eigenvalue weighted by Crippen LogP contribution is -2.23. The highest BCUT2D eigenvalue weighted by atomic mass is 16.5. The lowest BCUT2D eigenvalue weighted by molar-refractivity contribution is -0.116. The van der Waals surface area contributed by atoms with Crippen LogP contribution in [0.25, 0.3) is 0 Å². The molecule has 88 valence electrons. The van der Waals surface area contributed by atoms with Crippen molar-refractivity contribution in [2.75, 3.05) is 6.54 Å². The predicted molar refractivity (Wildman–Crippen MR) is 59.9 cm³/mol. The number of hydrogen-bond donors (Lipinski definition) is 1. The Bertz CT molecular complexity index is 377. The van der Waals surface area contributed by atoms with E-state index in [1.54, 1.807) is 0 Å². The number of nitrogens with zero attached hydrogens (tertiary/aromatic N) is 2. The van der Waals surface area contributed by atoms with Crippen LogP contribution in [0.3, 0.4) is 0 Å². The third kappa shape index (κ3) is 3.49. The van der Waals surface area contributed by atoms with E-state index in [-0.39, 0.29) is 11.3 Å². The van der Waals surface area contributed by atoms with E-state index in [1.807, 2.05) is 20.8 Å². The second-order valence-electron chi connectivity index (χ2n) is 4.51. The SMILES string of the molecule is C=CC(=O)NCCc1noc(C(C)(C)C)n1. The molecule has 1 N–H and O–H groups in total. The van der Waals surface area contributed by atoms with Crippen LogP contribution in [0.1, 0.15) is 32.5 Å². The minimum Gasteiger partial charge on any atom is -0.352 e. The quantitative estimate of drug-likeness (QED) is 0.779. The zero-order valence-electron chi connectivity index (χ0n) is 9.91. The summed E-state index contributed by atoms with van der Waals surface area (Å²) in [5, 5.41) is 6.49. The number of carbonyl (C=O) groups is 1. The van der Waals surface area contributed by atoms with E-state index in [0.29, 0.717) is 24.7 Å². The molecule has 1 heterocycles. The number of rotatable bonds is 4. The smallest absolute Gasteiger partial charge is 0.243 e. The summed E-state index contributed by atoms with van der Waals surface area (Å²) < 4.78 is 5.12. The second kappa shape index (κ2) is 4.92. The van der Waals surface area contributed by atoms with Crippen molar-refractivity contribution in [3.8, 4) is 0 Å². The molecule has 0 aromatic carbocycles. The summed E-state index contributed by atoms with van der Waals surface area (Å²) in [6.45, 7) is 9.85. The van der Waals surface area contributed by atoms with Crippen molar-refractivity contribution in [3.63, 3.8) is 0 Å². The summed E-state index contributed by atoms with van der Waals surface area (Å²) in [5.74, 6) is 1.02. The van der Waals surface area contributed by atoms with Crippen LogP contribution < -0.4 is 5.32 Å². The van der Waals surface area contributed by atoms with Gasteiger partial charge in [-0.2, -0.15) is 4.98 Å². The largest absolute Gasteiger partial charge is 0.352 e. The van der Waals surface area contributed by atoms with E-state index < -0.39 is 0 Å². The highest BCUT2D eigenvalue weighted by Gasteiger charge is 2.21. The summed E-state index contributed by atoms with van der Waals surface area (Å²) in [6, 6.07) is 0. The molecule has 1 amide bonds. The Hall–Kier alpha value is -1.65. The van der Waals surface area contributed by atoms with E-state index in [9.17, 15) is 4.79 Å². The fourth-order valence-electron chi connectivity index (χ4n) is 1.03. The van der Waals surface area contributed by atoms with Crippen molar-refractivity contribution in [2.45, 2.75) is 32.6 Å². The molecule has 0 saturated heterocycles. The van der Waals surface area contributed by atoms with Gasteiger partial charge in [0, 0.05) is 18.4 Å². The zero-order valence-corrected chi connectivity index (χ0v) is 9.91. The average Bonchev–Trinajstić information content (AvgIpc) is 2.65. The van der Waals surface area contributed by atoms with Crippen LogP contribution >= 0.6 is 0 Å². The van der Waals surface area contributed by atoms with Gasteiger partial charge in [-0.05, 0) is 6.08 Å². The molecule has 1 aromatic rings. The highest BCUT2D eigenvalue weighted by Crippen LogP contribution is 2.19. The van der Waals surface area contributed by atoms with Gasteiger partial charge in [0.05, 0.1) is 0 Å². The Morgan fingerprint density at radius 2 is 2.25 bits per heavy atom. The van der Waals surface area contributed by atoms with E-state index in [0.717, 1.165) is 0 Å². The van der Waals surface area contributed by atoms with Gasteiger partial charge in [-0.25, -0.2) is 0 Å². The predicted octanol–water partition coefficient (Wildman–Crippen LogP) is 1.21. The van der Waals surface area contributed by atoms with Crippen LogP contribution in [0, 0.1) is 0 Å². The summed E-state index contributed by atoms with van der Waals surface area (Å²) in [7, 11) is 0. The van der Waals surface area contributed by atoms with Crippen molar-refractivity contribution in [1.29, 1.82) is 0 Å². The highest BCUT2D eigenvalue weighted by molar-refractivity contribution is 5.86. The number of carbonyl (C=O) groups excluding carboxylic acids is 1. The molecule has 0 fully saturated rings.